The normalized spacial score (nSPS) is 31.5. The predicted molar refractivity (Wildman–Crippen MR) is 62.6 cm³/mol. The van der Waals surface area contributed by atoms with Crippen LogP contribution in [-0.2, 0) is 4.79 Å². The van der Waals surface area contributed by atoms with Crippen molar-refractivity contribution in [3.63, 3.8) is 0 Å². The van der Waals surface area contributed by atoms with Crippen molar-refractivity contribution in [2.24, 2.45) is 11.8 Å². The van der Waals surface area contributed by atoms with Crippen molar-refractivity contribution < 1.29 is 4.79 Å². The lowest BCUT2D eigenvalue weighted by Crippen LogP contribution is -2.20. The second kappa shape index (κ2) is 4.34. The number of hydrogen-bond acceptors (Lipinski definition) is 1. The second-order valence-corrected chi connectivity index (χ2v) is 5.20. The Morgan fingerprint density at radius 3 is 2.87 bits per heavy atom. The molecule has 1 heteroatoms. The Labute approximate surface area is 92.3 Å². The maximum absolute atomic E-state index is 11.8. The summed E-state index contributed by atoms with van der Waals surface area (Å²) in [5.74, 6) is 1.50. The van der Waals surface area contributed by atoms with Crippen molar-refractivity contribution in [2.45, 2.75) is 45.4 Å². The molecule has 15 heavy (non-hydrogen) atoms. The summed E-state index contributed by atoms with van der Waals surface area (Å²) >= 11 is 0. The Hall–Kier alpha value is -0.850. The molecule has 0 heterocycles. The first kappa shape index (κ1) is 10.7. The molecule has 1 saturated carbocycles. The summed E-state index contributed by atoms with van der Waals surface area (Å²) in [7, 11) is 0. The third-order valence-electron chi connectivity index (χ3n) is 3.75. The van der Waals surface area contributed by atoms with Gasteiger partial charge in [-0.2, -0.15) is 0 Å². The average Bonchev–Trinajstić information content (AvgIpc) is 2.15. The molecule has 0 saturated heterocycles. The fourth-order valence-corrected chi connectivity index (χ4v) is 2.84. The third kappa shape index (κ3) is 2.58. The highest BCUT2D eigenvalue weighted by Crippen LogP contribution is 2.36. The van der Waals surface area contributed by atoms with Crippen LogP contribution in [0, 0.1) is 11.8 Å². The van der Waals surface area contributed by atoms with E-state index < -0.39 is 0 Å². The van der Waals surface area contributed by atoms with Gasteiger partial charge in [-0.3, -0.25) is 4.79 Å². The summed E-state index contributed by atoms with van der Waals surface area (Å²) in [6.07, 6.45) is 8.56. The zero-order chi connectivity index (χ0) is 10.8. The van der Waals surface area contributed by atoms with Crippen LogP contribution in [-0.4, -0.2) is 5.78 Å². The van der Waals surface area contributed by atoms with Crippen molar-refractivity contribution in [3.05, 3.63) is 23.8 Å². The molecule has 1 nitrogen and oxygen atoms in total. The molecule has 0 aromatic heterocycles. The van der Waals surface area contributed by atoms with Gasteiger partial charge in [-0.15, -0.1) is 0 Å². The van der Waals surface area contributed by atoms with Crippen molar-refractivity contribution in [1.82, 2.24) is 0 Å². The summed E-state index contributed by atoms with van der Waals surface area (Å²) in [4.78, 5) is 11.8. The van der Waals surface area contributed by atoms with E-state index in [1.54, 1.807) is 5.57 Å². The van der Waals surface area contributed by atoms with E-state index in [2.05, 4.69) is 19.6 Å². The van der Waals surface area contributed by atoms with E-state index in [9.17, 15) is 4.79 Å². The lowest BCUT2D eigenvalue weighted by atomic mass is 9.76. The third-order valence-corrected chi connectivity index (χ3v) is 3.75. The van der Waals surface area contributed by atoms with E-state index in [0.717, 1.165) is 25.7 Å². The molecule has 0 spiro atoms. The van der Waals surface area contributed by atoms with Gasteiger partial charge in [-0.25, -0.2) is 0 Å². The molecule has 2 atom stereocenters. The fraction of sp³-hybridized carbons (Fsp3) is 0.643. The standard InChI is InChI=1S/C14H20O/c1-10(2)13-7-11-4-3-5-12(6-11)8-14(15)9-13/h4,12-13H,1,3,5-9H2,2H3/t12-,13+/m0/s1. The van der Waals surface area contributed by atoms with Crippen LogP contribution in [0.2, 0.25) is 0 Å². The molecule has 0 radical (unpaired) electrons. The van der Waals surface area contributed by atoms with Gasteiger partial charge < -0.3 is 0 Å². The SMILES string of the molecule is C=C(C)[C@H]1CC(=O)C[C@H]2CCC=C(C2)C1. The molecule has 2 aliphatic carbocycles. The van der Waals surface area contributed by atoms with E-state index in [-0.39, 0.29) is 0 Å². The van der Waals surface area contributed by atoms with Gasteiger partial charge in [0.25, 0.3) is 0 Å². The lowest BCUT2D eigenvalue weighted by molar-refractivity contribution is -0.121. The molecule has 0 aromatic rings. The quantitative estimate of drug-likeness (QED) is 0.596. The fourth-order valence-electron chi connectivity index (χ4n) is 2.84. The van der Waals surface area contributed by atoms with Crippen LogP contribution >= 0.6 is 0 Å². The highest BCUT2D eigenvalue weighted by molar-refractivity contribution is 5.79. The van der Waals surface area contributed by atoms with E-state index >= 15 is 0 Å². The Morgan fingerprint density at radius 2 is 2.13 bits per heavy atom. The predicted octanol–water partition coefficient (Wildman–Crippen LogP) is 3.66. The summed E-state index contributed by atoms with van der Waals surface area (Å²) < 4.78 is 0. The van der Waals surface area contributed by atoms with Crippen molar-refractivity contribution in [2.75, 3.05) is 0 Å². The molecule has 0 N–H and O–H groups in total. The number of rotatable bonds is 1. The van der Waals surface area contributed by atoms with Crippen LogP contribution in [0.15, 0.2) is 23.8 Å². The van der Waals surface area contributed by atoms with Crippen LogP contribution in [0.25, 0.3) is 0 Å². The van der Waals surface area contributed by atoms with Gasteiger partial charge >= 0.3 is 0 Å². The van der Waals surface area contributed by atoms with Crippen LogP contribution in [0.3, 0.4) is 0 Å². The lowest BCUT2D eigenvalue weighted by Gasteiger charge is -2.29. The molecule has 0 aliphatic heterocycles. The van der Waals surface area contributed by atoms with Gasteiger partial charge in [-0.05, 0) is 44.4 Å². The minimum Gasteiger partial charge on any atom is -0.300 e. The van der Waals surface area contributed by atoms with Gasteiger partial charge in [0.05, 0.1) is 0 Å². The zero-order valence-corrected chi connectivity index (χ0v) is 9.59. The number of fused-ring (bicyclic) bond motifs is 2. The molecule has 1 fully saturated rings. The number of ketones is 1. The Morgan fingerprint density at radius 1 is 1.33 bits per heavy atom. The van der Waals surface area contributed by atoms with Crippen LogP contribution in [0.4, 0.5) is 0 Å². The van der Waals surface area contributed by atoms with Crippen LogP contribution in [0.1, 0.15) is 45.4 Å². The van der Waals surface area contributed by atoms with Gasteiger partial charge in [0.2, 0.25) is 0 Å². The van der Waals surface area contributed by atoms with Gasteiger partial charge in [0.1, 0.15) is 5.78 Å². The highest BCUT2D eigenvalue weighted by atomic mass is 16.1. The zero-order valence-electron chi connectivity index (χ0n) is 9.59. The highest BCUT2D eigenvalue weighted by Gasteiger charge is 2.26. The molecule has 2 rings (SSSR count). The average molecular weight is 204 g/mol. The smallest absolute Gasteiger partial charge is 0.133 e. The van der Waals surface area contributed by atoms with Crippen molar-refractivity contribution >= 4 is 5.78 Å². The maximum Gasteiger partial charge on any atom is 0.133 e. The van der Waals surface area contributed by atoms with E-state index in [1.807, 2.05) is 0 Å². The molecular weight excluding hydrogens is 184 g/mol. The maximum atomic E-state index is 11.8. The minimum atomic E-state index is 0.405. The number of allylic oxidation sites excluding steroid dienone is 3. The molecule has 0 unspecified atom stereocenters. The molecule has 82 valence electrons. The Bertz CT molecular complexity index is 311. The summed E-state index contributed by atoms with van der Waals surface area (Å²) in [5.41, 5.74) is 2.75. The van der Waals surface area contributed by atoms with Crippen molar-refractivity contribution in [1.29, 1.82) is 0 Å². The molecule has 0 amide bonds. The second-order valence-electron chi connectivity index (χ2n) is 5.20. The first-order chi connectivity index (χ1) is 7.15. The van der Waals surface area contributed by atoms with E-state index in [0.29, 0.717) is 17.6 Å². The van der Waals surface area contributed by atoms with Gasteiger partial charge in [0, 0.05) is 12.8 Å². The largest absolute Gasteiger partial charge is 0.300 e. The molecule has 2 bridgehead atoms. The van der Waals surface area contributed by atoms with Crippen LogP contribution < -0.4 is 0 Å². The number of hydrogen-bond donors (Lipinski definition) is 0. The molecule has 2 aliphatic rings. The van der Waals surface area contributed by atoms with Crippen LogP contribution in [0.5, 0.6) is 0 Å². The van der Waals surface area contributed by atoms with Crippen molar-refractivity contribution in [3.8, 4) is 0 Å². The number of Topliss-reactive ketones (excluding diaryl/α,β-unsaturated/α-hetero) is 1. The summed E-state index contributed by atoms with van der Waals surface area (Å²) in [6.45, 7) is 6.07. The Balaban J connectivity index is 2.15. The van der Waals surface area contributed by atoms with E-state index in [4.69, 9.17) is 0 Å². The Kier molecular flexibility index (Phi) is 3.08. The summed E-state index contributed by atoms with van der Waals surface area (Å²) in [5, 5.41) is 0. The monoisotopic (exact) mass is 204 g/mol. The number of carbonyl (C=O) groups is 1. The minimum absolute atomic E-state index is 0.405. The van der Waals surface area contributed by atoms with E-state index in [1.165, 1.54) is 18.4 Å². The number of carbonyl (C=O) groups excluding carboxylic acids is 1. The topological polar surface area (TPSA) is 17.1 Å². The summed E-state index contributed by atoms with van der Waals surface area (Å²) in [6, 6.07) is 0. The molecular formula is C14H20O. The molecule has 0 aromatic carbocycles. The first-order valence-electron chi connectivity index (χ1n) is 6.00. The van der Waals surface area contributed by atoms with Gasteiger partial charge in [0.15, 0.2) is 0 Å². The van der Waals surface area contributed by atoms with Gasteiger partial charge in [-0.1, -0.05) is 23.8 Å². The first-order valence-corrected chi connectivity index (χ1v) is 6.00.